The number of carbonyl (C=O) groups is 1. The quantitative estimate of drug-likeness (QED) is 0.269. The number of fused-ring (bicyclic) bond motifs is 1. The molecule has 0 amide bonds. The molecule has 0 aliphatic carbocycles. The van der Waals surface area contributed by atoms with E-state index >= 15 is 4.39 Å². The Morgan fingerprint density at radius 3 is 2.69 bits per heavy atom. The van der Waals surface area contributed by atoms with Gasteiger partial charge in [-0.2, -0.15) is 5.10 Å². The number of hydrogen-bond donors (Lipinski definition) is 2. The number of sulfonamides is 1. The third kappa shape index (κ3) is 5.11. The molecule has 0 saturated carbocycles. The molecule has 0 atom stereocenters. The Morgan fingerprint density at radius 2 is 1.94 bits per heavy atom. The second kappa shape index (κ2) is 10.1. The molecule has 13 heteroatoms. The zero-order valence-electron chi connectivity index (χ0n) is 18.2. The summed E-state index contributed by atoms with van der Waals surface area (Å²) in [6.07, 6.45) is 2.90. The van der Waals surface area contributed by atoms with Crippen molar-refractivity contribution in [1.82, 2.24) is 15.2 Å². The minimum Gasteiger partial charge on any atom is -0.462 e. The maximum atomic E-state index is 15.1. The highest BCUT2D eigenvalue weighted by atomic mass is 35.5. The molecule has 0 spiro atoms. The molecule has 0 aliphatic rings. The van der Waals surface area contributed by atoms with E-state index in [1.165, 1.54) is 12.4 Å². The molecule has 2 heterocycles. The molecular weight excluding hydrogens is 537 g/mol. The molecule has 36 heavy (non-hydrogen) atoms. The normalized spacial score (nSPS) is 11.1. The summed E-state index contributed by atoms with van der Waals surface area (Å²) in [5.41, 5.74) is -0.698. The molecule has 2 aromatic heterocycles. The lowest BCUT2D eigenvalue weighted by atomic mass is 10.1. The fourth-order valence-electron chi connectivity index (χ4n) is 3.10. The van der Waals surface area contributed by atoms with Gasteiger partial charge in [0.2, 0.25) is 0 Å². The van der Waals surface area contributed by atoms with Gasteiger partial charge in [-0.05, 0) is 37.3 Å². The predicted molar refractivity (Wildman–Crippen MR) is 129 cm³/mol. The number of esters is 1. The Balaban J connectivity index is 1.70. The Bertz CT molecular complexity index is 1680. The van der Waals surface area contributed by atoms with Gasteiger partial charge in [0.15, 0.2) is 11.5 Å². The fourth-order valence-corrected chi connectivity index (χ4v) is 5.06. The minimum absolute atomic E-state index is 0.0125. The van der Waals surface area contributed by atoms with Crippen LogP contribution in [0.5, 0.6) is 0 Å². The van der Waals surface area contributed by atoms with Gasteiger partial charge in [0, 0.05) is 22.2 Å². The highest BCUT2D eigenvalue weighted by Gasteiger charge is 2.26. The van der Waals surface area contributed by atoms with E-state index in [4.69, 9.17) is 27.9 Å². The van der Waals surface area contributed by atoms with Crippen LogP contribution in [0.2, 0.25) is 10.0 Å². The van der Waals surface area contributed by atoms with Crippen LogP contribution in [0, 0.1) is 23.5 Å². The van der Waals surface area contributed by atoms with Crippen LogP contribution < -0.4 is 4.72 Å². The minimum atomic E-state index is -4.58. The molecule has 4 rings (SSSR count). The van der Waals surface area contributed by atoms with Gasteiger partial charge in [-0.15, -0.1) is 0 Å². The van der Waals surface area contributed by atoms with Crippen LogP contribution in [0.3, 0.4) is 0 Å². The zero-order valence-corrected chi connectivity index (χ0v) is 20.5. The van der Waals surface area contributed by atoms with Crippen molar-refractivity contribution in [3.63, 3.8) is 0 Å². The van der Waals surface area contributed by atoms with E-state index in [1.807, 2.05) is 4.72 Å². The van der Waals surface area contributed by atoms with Crippen LogP contribution >= 0.6 is 23.2 Å². The van der Waals surface area contributed by atoms with E-state index in [-0.39, 0.29) is 17.2 Å². The Hall–Kier alpha value is -3.72. The first kappa shape index (κ1) is 25.4. The number of rotatable bonds is 5. The van der Waals surface area contributed by atoms with Crippen LogP contribution in [0.1, 0.15) is 28.4 Å². The van der Waals surface area contributed by atoms with Crippen molar-refractivity contribution in [2.24, 2.45) is 0 Å². The number of nitrogens with one attached hydrogen (secondary N) is 2. The molecule has 184 valence electrons. The first-order valence-corrected chi connectivity index (χ1v) is 12.3. The Labute approximate surface area is 213 Å². The van der Waals surface area contributed by atoms with Gasteiger partial charge in [-0.25, -0.2) is 27.0 Å². The van der Waals surface area contributed by atoms with Crippen molar-refractivity contribution in [3.05, 3.63) is 81.1 Å². The monoisotopic (exact) mass is 550 g/mol. The molecule has 0 bridgehead atoms. The van der Waals surface area contributed by atoms with Gasteiger partial charge in [-0.3, -0.25) is 9.82 Å². The first-order chi connectivity index (χ1) is 17.1. The highest BCUT2D eigenvalue weighted by Crippen LogP contribution is 2.32. The number of anilines is 1. The summed E-state index contributed by atoms with van der Waals surface area (Å²) in [6, 6.07) is 5.48. The van der Waals surface area contributed by atoms with Gasteiger partial charge < -0.3 is 4.74 Å². The lowest BCUT2D eigenvalue weighted by Gasteiger charge is -2.13. The predicted octanol–water partition coefficient (Wildman–Crippen LogP) is 4.92. The number of pyridine rings is 1. The van der Waals surface area contributed by atoms with Gasteiger partial charge >= 0.3 is 5.97 Å². The maximum Gasteiger partial charge on any atom is 0.339 e. The zero-order chi connectivity index (χ0) is 26.0. The number of aromatic amines is 1. The van der Waals surface area contributed by atoms with Crippen LogP contribution in [0.25, 0.3) is 11.0 Å². The second-order valence-electron chi connectivity index (χ2n) is 7.16. The number of nitrogens with zero attached hydrogens (tertiary/aromatic N) is 2. The summed E-state index contributed by atoms with van der Waals surface area (Å²) >= 11 is 12.1. The number of H-pyrrole nitrogens is 1. The molecule has 2 N–H and O–H groups in total. The number of carbonyl (C=O) groups excluding carboxylic acids is 1. The molecule has 0 saturated heterocycles. The SMILES string of the molecule is CCOC(=O)c1cc(Cl)cc(S(=O)(=O)Nc2ccc(F)c(C#Cc3cnc4[nH]ncc4c3)c2F)c1Cl. The lowest BCUT2D eigenvalue weighted by molar-refractivity contribution is 0.0526. The van der Waals surface area contributed by atoms with E-state index in [9.17, 15) is 17.6 Å². The van der Waals surface area contributed by atoms with Crippen LogP contribution in [-0.4, -0.2) is 36.2 Å². The molecule has 0 aliphatic heterocycles. The van der Waals surface area contributed by atoms with E-state index in [0.29, 0.717) is 16.6 Å². The maximum absolute atomic E-state index is 15.1. The number of hydrogen-bond acceptors (Lipinski definition) is 6. The third-order valence-electron chi connectivity index (χ3n) is 4.75. The number of aromatic nitrogens is 3. The van der Waals surface area contributed by atoms with Crippen molar-refractivity contribution in [2.45, 2.75) is 11.8 Å². The van der Waals surface area contributed by atoms with Crippen molar-refractivity contribution in [1.29, 1.82) is 0 Å². The fraction of sp³-hybridized carbons (Fsp3) is 0.0870. The third-order valence-corrected chi connectivity index (χ3v) is 6.87. The standard InChI is InChI=1S/C23H14Cl2F2N4O4S/c1-2-35-23(32)16-8-14(24)9-19(20(16)25)36(33,34)31-18-6-5-17(26)15(21(18)27)4-3-12-7-13-11-29-30-22(13)28-10-12/h5-11,31H,2H2,1H3,(H,28,29,30). The van der Waals surface area contributed by atoms with Crippen molar-refractivity contribution in [2.75, 3.05) is 11.3 Å². The van der Waals surface area contributed by atoms with Crippen molar-refractivity contribution >= 4 is 55.9 Å². The van der Waals surface area contributed by atoms with Gasteiger partial charge in [0.05, 0.1) is 34.6 Å². The van der Waals surface area contributed by atoms with Crippen molar-refractivity contribution < 1.29 is 26.7 Å². The van der Waals surface area contributed by atoms with Crippen LogP contribution in [0.4, 0.5) is 14.5 Å². The lowest BCUT2D eigenvalue weighted by Crippen LogP contribution is -2.17. The molecular formula is C23H14Cl2F2N4O4S. The van der Waals surface area contributed by atoms with E-state index < -0.39 is 48.8 Å². The van der Waals surface area contributed by atoms with E-state index in [2.05, 4.69) is 27.0 Å². The smallest absolute Gasteiger partial charge is 0.339 e. The number of benzene rings is 2. The Kier molecular flexibility index (Phi) is 7.12. The Morgan fingerprint density at radius 1 is 1.17 bits per heavy atom. The average molecular weight is 551 g/mol. The summed E-state index contributed by atoms with van der Waals surface area (Å²) in [5.74, 6) is 1.80. The van der Waals surface area contributed by atoms with Gasteiger partial charge in [0.1, 0.15) is 10.7 Å². The average Bonchev–Trinajstić information content (AvgIpc) is 3.30. The number of halogens is 4. The molecule has 8 nitrogen and oxygen atoms in total. The summed E-state index contributed by atoms with van der Waals surface area (Å²) in [7, 11) is -4.58. The number of ether oxygens (including phenoxy) is 1. The van der Waals surface area contributed by atoms with Crippen LogP contribution in [-0.2, 0) is 14.8 Å². The largest absolute Gasteiger partial charge is 0.462 e. The summed E-state index contributed by atoms with van der Waals surface area (Å²) < 4.78 is 62.4. The first-order valence-electron chi connectivity index (χ1n) is 10.1. The van der Waals surface area contributed by atoms with Crippen LogP contribution in [0.15, 0.2) is 47.6 Å². The van der Waals surface area contributed by atoms with E-state index in [1.54, 1.807) is 13.0 Å². The summed E-state index contributed by atoms with van der Waals surface area (Å²) in [4.78, 5) is 15.6. The second-order valence-corrected chi connectivity index (χ2v) is 9.62. The summed E-state index contributed by atoms with van der Waals surface area (Å²) in [5, 5.41) is 6.54. The molecule has 0 fully saturated rings. The topological polar surface area (TPSA) is 114 Å². The molecule has 0 unspecified atom stereocenters. The highest BCUT2D eigenvalue weighted by molar-refractivity contribution is 7.92. The molecule has 4 aromatic rings. The van der Waals surface area contributed by atoms with Gasteiger partial charge in [-0.1, -0.05) is 35.0 Å². The van der Waals surface area contributed by atoms with E-state index in [0.717, 1.165) is 24.3 Å². The molecule has 0 radical (unpaired) electrons. The molecule has 2 aromatic carbocycles. The van der Waals surface area contributed by atoms with Crippen molar-refractivity contribution in [3.8, 4) is 11.8 Å². The summed E-state index contributed by atoms with van der Waals surface area (Å²) in [6.45, 7) is 1.57. The van der Waals surface area contributed by atoms with Gasteiger partial charge in [0.25, 0.3) is 10.0 Å².